The fourth-order valence-corrected chi connectivity index (χ4v) is 1.37. The first kappa shape index (κ1) is 6.65. The van der Waals surface area contributed by atoms with Gasteiger partial charge in [0.15, 0.2) is 0 Å². The third-order valence-corrected chi connectivity index (χ3v) is 1.96. The number of rotatable bonds is 0. The van der Waals surface area contributed by atoms with E-state index in [2.05, 4.69) is 11.9 Å². The molecular weight excluding hydrogens is 138 g/mol. The minimum atomic E-state index is 0.643. The number of pyridine rings is 1. The van der Waals surface area contributed by atoms with Crippen LogP contribution < -0.4 is 4.74 Å². The maximum atomic E-state index is 5.47. The molecule has 0 amide bonds. The summed E-state index contributed by atoms with van der Waals surface area (Å²) < 4.78 is 5.47. The van der Waals surface area contributed by atoms with E-state index in [0.717, 1.165) is 18.8 Å². The van der Waals surface area contributed by atoms with E-state index in [4.69, 9.17) is 4.74 Å². The fraction of sp³-hybridized carbons (Fsp3) is 0.444. The van der Waals surface area contributed by atoms with Crippen molar-refractivity contribution < 1.29 is 4.74 Å². The van der Waals surface area contributed by atoms with Crippen molar-refractivity contribution in [3.63, 3.8) is 0 Å². The third-order valence-electron chi connectivity index (χ3n) is 1.96. The Morgan fingerprint density at radius 3 is 3.45 bits per heavy atom. The molecule has 1 atom stereocenters. The van der Waals surface area contributed by atoms with Crippen LogP contribution in [-0.2, 0) is 6.42 Å². The number of ether oxygens (including phenoxy) is 1. The van der Waals surface area contributed by atoms with Gasteiger partial charge in [-0.15, -0.1) is 0 Å². The lowest BCUT2D eigenvalue weighted by Crippen LogP contribution is -2.17. The molecule has 0 radical (unpaired) electrons. The van der Waals surface area contributed by atoms with E-state index in [1.54, 1.807) is 6.20 Å². The molecule has 2 heterocycles. The van der Waals surface area contributed by atoms with E-state index < -0.39 is 0 Å². The first-order valence-corrected chi connectivity index (χ1v) is 3.92. The van der Waals surface area contributed by atoms with Crippen LogP contribution in [0.15, 0.2) is 18.5 Å². The summed E-state index contributed by atoms with van der Waals surface area (Å²) in [7, 11) is 0. The molecule has 1 aromatic rings. The fourth-order valence-electron chi connectivity index (χ4n) is 1.37. The molecule has 1 aliphatic heterocycles. The summed E-state index contributed by atoms with van der Waals surface area (Å²) >= 11 is 0. The smallest absolute Gasteiger partial charge is 0.140 e. The Morgan fingerprint density at radius 1 is 1.64 bits per heavy atom. The molecule has 2 heteroatoms. The summed E-state index contributed by atoms with van der Waals surface area (Å²) in [6.07, 6.45) is 4.74. The summed E-state index contributed by atoms with van der Waals surface area (Å²) in [5.74, 6) is 1.61. The monoisotopic (exact) mass is 149 g/mol. The summed E-state index contributed by atoms with van der Waals surface area (Å²) in [5.41, 5.74) is 1.29. The standard InChI is InChI=1S/C9H11NO/c1-7-4-8-2-3-10-5-9(8)11-6-7/h2-3,5,7H,4,6H2,1H3. The minimum Gasteiger partial charge on any atom is -0.491 e. The molecule has 0 N–H and O–H groups in total. The van der Waals surface area contributed by atoms with Gasteiger partial charge in [-0.1, -0.05) is 6.92 Å². The van der Waals surface area contributed by atoms with Crippen molar-refractivity contribution in [2.24, 2.45) is 5.92 Å². The van der Waals surface area contributed by atoms with Crippen molar-refractivity contribution in [1.82, 2.24) is 4.98 Å². The van der Waals surface area contributed by atoms with Crippen LogP contribution in [0.3, 0.4) is 0 Å². The number of hydrogen-bond donors (Lipinski definition) is 0. The highest BCUT2D eigenvalue weighted by Gasteiger charge is 2.14. The highest BCUT2D eigenvalue weighted by Crippen LogP contribution is 2.25. The van der Waals surface area contributed by atoms with Crippen molar-refractivity contribution in [1.29, 1.82) is 0 Å². The van der Waals surface area contributed by atoms with Crippen LogP contribution in [0.4, 0.5) is 0 Å². The number of aromatic nitrogens is 1. The van der Waals surface area contributed by atoms with Gasteiger partial charge in [0.2, 0.25) is 0 Å². The van der Waals surface area contributed by atoms with Crippen molar-refractivity contribution in [3.8, 4) is 5.75 Å². The molecule has 0 spiro atoms. The SMILES string of the molecule is CC1COc2cnccc2C1. The Morgan fingerprint density at radius 2 is 2.55 bits per heavy atom. The first-order valence-electron chi connectivity index (χ1n) is 3.92. The maximum absolute atomic E-state index is 5.47. The predicted octanol–water partition coefficient (Wildman–Crippen LogP) is 1.65. The van der Waals surface area contributed by atoms with Gasteiger partial charge in [0.05, 0.1) is 12.8 Å². The molecular formula is C9H11NO. The van der Waals surface area contributed by atoms with Gasteiger partial charge >= 0.3 is 0 Å². The molecule has 0 aliphatic carbocycles. The Hall–Kier alpha value is -1.05. The molecule has 0 saturated heterocycles. The molecule has 0 aromatic carbocycles. The Bertz CT molecular complexity index is 259. The zero-order valence-electron chi connectivity index (χ0n) is 6.58. The van der Waals surface area contributed by atoms with E-state index in [1.165, 1.54) is 5.56 Å². The zero-order chi connectivity index (χ0) is 7.68. The topological polar surface area (TPSA) is 22.1 Å². The quantitative estimate of drug-likeness (QED) is 0.559. The van der Waals surface area contributed by atoms with Gasteiger partial charge in [0.25, 0.3) is 0 Å². The molecule has 0 saturated carbocycles. The molecule has 2 rings (SSSR count). The van der Waals surface area contributed by atoms with Gasteiger partial charge < -0.3 is 4.74 Å². The van der Waals surface area contributed by atoms with Crippen molar-refractivity contribution in [2.75, 3.05) is 6.61 Å². The van der Waals surface area contributed by atoms with Crippen LogP contribution in [0.2, 0.25) is 0 Å². The van der Waals surface area contributed by atoms with Crippen LogP contribution in [0.25, 0.3) is 0 Å². The molecule has 0 bridgehead atoms. The average molecular weight is 149 g/mol. The minimum absolute atomic E-state index is 0.643. The van der Waals surface area contributed by atoms with Crippen LogP contribution in [-0.4, -0.2) is 11.6 Å². The second-order valence-corrected chi connectivity index (χ2v) is 3.10. The van der Waals surface area contributed by atoms with Crippen LogP contribution in [0.1, 0.15) is 12.5 Å². The highest BCUT2D eigenvalue weighted by atomic mass is 16.5. The van der Waals surface area contributed by atoms with Gasteiger partial charge in [0.1, 0.15) is 5.75 Å². The van der Waals surface area contributed by atoms with E-state index in [9.17, 15) is 0 Å². The van der Waals surface area contributed by atoms with Crippen molar-refractivity contribution in [3.05, 3.63) is 24.0 Å². The molecule has 0 fully saturated rings. The van der Waals surface area contributed by atoms with E-state index in [-0.39, 0.29) is 0 Å². The summed E-state index contributed by atoms with van der Waals surface area (Å²) in [6, 6.07) is 2.03. The number of nitrogens with zero attached hydrogens (tertiary/aromatic N) is 1. The van der Waals surface area contributed by atoms with E-state index >= 15 is 0 Å². The van der Waals surface area contributed by atoms with Gasteiger partial charge in [-0.25, -0.2) is 0 Å². The molecule has 1 unspecified atom stereocenters. The van der Waals surface area contributed by atoms with Crippen LogP contribution in [0, 0.1) is 5.92 Å². The number of fused-ring (bicyclic) bond motifs is 1. The van der Waals surface area contributed by atoms with Gasteiger partial charge in [0, 0.05) is 6.20 Å². The molecule has 1 aliphatic rings. The first-order chi connectivity index (χ1) is 5.36. The molecule has 58 valence electrons. The lowest BCUT2D eigenvalue weighted by Gasteiger charge is -2.21. The second kappa shape index (κ2) is 2.53. The normalized spacial score (nSPS) is 22.1. The Kier molecular flexibility index (Phi) is 1.53. The van der Waals surface area contributed by atoms with E-state index in [0.29, 0.717) is 5.92 Å². The van der Waals surface area contributed by atoms with Crippen LogP contribution >= 0.6 is 0 Å². The maximum Gasteiger partial charge on any atom is 0.140 e. The predicted molar refractivity (Wildman–Crippen MR) is 42.6 cm³/mol. The third kappa shape index (κ3) is 1.20. The van der Waals surface area contributed by atoms with Gasteiger partial charge in [-0.05, 0) is 24.0 Å². The lowest BCUT2D eigenvalue weighted by molar-refractivity contribution is 0.233. The van der Waals surface area contributed by atoms with E-state index in [1.807, 2.05) is 12.3 Å². The summed E-state index contributed by atoms with van der Waals surface area (Å²) in [4.78, 5) is 4.00. The lowest BCUT2D eigenvalue weighted by atomic mass is 10.00. The largest absolute Gasteiger partial charge is 0.491 e. The van der Waals surface area contributed by atoms with Crippen LogP contribution in [0.5, 0.6) is 5.75 Å². The van der Waals surface area contributed by atoms with Crippen molar-refractivity contribution in [2.45, 2.75) is 13.3 Å². The van der Waals surface area contributed by atoms with Crippen molar-refractivity contribution >= 4 is 0 Å². The Labute approximate surface area is 66.2 Å². The average Bonchev–Trinajstić information content (AvgIpc) is 2.04. The van der Waals surface area contributed by atoms with Gasteiger partial charge in [-0.2, -0.15) is 0 Å². The highest BCUT2D eigenvalue weighted by molar-refractivity contribution is 5.31. The summed E-state index contributed by atoms with van der Waals surface area (Å²) in [5, 5.41) is 0. The zero-order valence-corrected chi connectivity index (χ0v) is 6.58. The summed E-state index contributed by atoms with van der Waals surface area (Å²) in [6.45, 7) is 3.03. The molecule has 1 aromatic heterocycles. The Balaban J connectivity index is 2.34. The molecule has 11 heavy (non-hydrogen) atoms. The number of hydrogen-bond acceptors (Lipinski definition) is 2. The molecule has 2 nitrogen and oxygen atoms in total. The second-order valence-electron chi connectivity index (χ2n) is 3.10. The van der Waals surface area contributed by atoms with Gasteiger partial charge in [-0.3, -0.25) is 4.98 Å².